The van der Waals surface area contributed by atoms with Gasteiger partial charge in [0.05, 0.1) is 18.7 Å². The molecular weight excluding hydrogens is 298 g/mol. The van der Waals surface area contributed by atoms with Gasteiger partial charge in [0.1, 0.15) is 11.8 Å². The molecule has 1 saturated heterocycles. The van der Waals surface area contributed by atoms with Crippen molar-refractivity contribution in [3.63, 3.8) is 0 Å². The summed E-state index contributed by atoms with van der Waals surface area (Å²) in [6, 6.07) is 20.5. The van der Waals surface area contributed by atoms with E-state index in [9.17, 15) is 5.26 Å². The summed E-state index contributed by atoms with van der Waals surface area (Å²) in [6.07, 6.45) is 0. The lowest BCUT2D eigenvalue weighted by Gasteiger charge is -2.30. The number of anilines is 1. The summed E-state index contributed by atoms with van der Waals surface area (Å²) in [5.74, 6) is 0. The van der Waals surface area contributed by atoms with Crippen molar-refractivity contribution in [2.45, 2.75) is 0 Å². The van der Waals surface area contributed by atoms with Gasteiger partial charge in [0, 0.05) is 35.3 Å². The third-order valence-electron chi connectivity index (χ3n) is 4.38. The van der Waals surface area contributed by atoms with Gasteiger partial charge in [-0.25, -0.2) is 4.98 Å². The molecule has 4 heteroatoms. The summed E-state index contributed by atoms with van der Waals surface area (Å²) < 4.78 is 5.46. The van der Waals surface area contributed by atoms with Crippen LogP contribution in [0.3, 0.4) is 0 Å². The molecule has 118 valence electrons. The first-order chi connectivity index (χ1) is 11.9. The second kappa shape index (κ2) is 6.31. The normalized spacial score (nSPS) is 14.5. The minimum atomic E-state index is 0.467. The Bertz CT molecular complexity index is 924. The number of para-hydroxylation sites is 2. The van der Waals surface area contributed by atoms with E-state index in [-0.39, 0.29) is 0 Å². The molecule has 0 amide bonds. The smallest absolute Gasteiger partial charge is 0.149 e. The van der Waals surface area contributed by atoms with Gasteiger partial charge in [0.15, 0.2) is 0 Å². The maximum atomic E-state index is 9.59. The number of hydrogen-bond acceptors (Lipinski definition) is 4. The Labute approximate surface area is 140 Å². The van der Waals surface area contributed by atoms with Crippen LogP contribution in [0.5, 0.6) is 0 Å². The Balaban J connectivity index is 1.90. The average molecular weight is 315 g/mol. The number of rotatable bonds is 2. The molecule has 2 aromatic carbocycles. The molecule has 4 nitrogen and oxygen atoms in total. The lowest BCUT2D eigenvalue weighted by atomic mass is 9.99. The summed E-state index contributed by atoms with van der Waals surface area (Å²) in [6.45, 7) is 3.19. The van der Waals surface area contributed by atoms with Gasteiger partial charge in [-0.2, -0.15) is 5.26 Å². The third-order valence-corrected chi connectivity index (χ3v) is 4.38. The Hall–Kier alpha value is -2.90. The average Bonchev–Trinajstić information content (AvgIpc) is 2.67. The number of pyridine rings is 1. The van der Waals surface area contributed by atoms with E-state index in [1.54, 1.807) is 0 Å². The maximum Gasteiger partial charge on any atom is 0.149 e. The monoisotopic (exact) mass is 315 g/mol. The van der Waals surface area contributed by atoms with Gasteiger partial charge in [-0.05, 0) is 18.2 Å². The molecule has 0 unspecified atom stereocenters. The number of ether oxygens (including phenoxy) is 1. The van der Waals surface area contributed by atoms with Crippen molar-refractivity contribution >= 4 is 16.6 Å². The van der Waals surface area contributed by atoms with Gasteiger partial charge in [-0.15, -0.1) is 0 Å². The van der Waals surface area contributed by atoms with Crippen LogP contribution in [0, 0.1) is 11.3 Å². The van der Waals surface area contributed by atoms with Crippen LogP contribution in [0.1, 0.15) is 5.69 Å². The van der Waals surface area contributed by atoms with Gasteiger partial charge in [-0.3, -0.25) is 0 Å². The van der Waals surface area contributed by atoms with Crippen LogP contribution in [-0.2, 0) is 4.74 Å². The van der Waals surface area contributed by atoms with Crippen molar-refractivity contribution < 1.29 is 4.74 Å². The van der Waals surface area contributed by atoms with E-state index >= 15 is 0 Å². The number of morpholine rings is 1. The second-order valence-electron chi connectivity index (χ2n) is 5.81. The van der Waals surface area contributed by atoms with Gasteiger partial charge < -0.3 is 9.64 Å². The zero-order valence-corrected chi connectivity index (χ0v) is 13.3. The van der Waals surface area contributed by atoms with Crippen LogP contribution in [0.4, 0.5) is 5.69 Å². The molecule has 2 heterocycles. The SMILES string of the molecule is N#Cc1nc2ccccc2cc1-c1ccccc1N1CCOCC1. The third kappa shape index (κ3) is 2.60. The fourth-order valence-electron chi connectivity index (χ4n) is 3.19. The van der Waals surface area contributed by atoms with Crippen LogP contribution in [0.15, 0.2) is 54.6 Å². The number of fused-ring (bicyclic) bond motifs is 1. The van der Waals surface area contributed by atoms with Crippen LogP contribution in [0.2, 0.25) is 0 Å². The molecule has 0 aliphatic carbocycles. The lowest BCUT2D eigenvalue weighted by molar-refractivity contribution is 0.123. The molecule has 1 fully saturated rings. The van der Waals surface area contributed by atoms with E-state index in [2.05, 4.69) is 34.2 Å². The highest BCUT2D eigenvalue weighted by Crippen LogP contribution is 2.34. The Morgan fingerprint density at radius 2 is 1.71 bits per heavy atom. The first kappa shape index (κ1) is 14.7. The number of nitrogens with zero attached hydrogens (tertiary/aromatic N) is 3. The van der Waals surface area contributed by atoms with Crippen molar-refractivity contribution in [3.05, 3.63) is 60.3 Å². The fourth-order valence-corrected chi connectivity index (χ4v) is 3.19. The minimum Gasteiger partial charge on any atom is -0.378 e. The van der Waals surface area contributed by atoms with Gasteiger partial charge in [0.2, 0.25) is 0 Å². The van der Waals surface area contributed by atoms with Crippen molar-refractivity contribution in [1.82, 2.24) is 4.98 Å². The molecule has 0 spiro atoms. The number of benzene rings is 2. The maximum absolute atomic E-state index is 9.59. The Morgan fingerprint density at radius 1 is 0.958 bits per heavy atom. The molecule has 1 aliphatic rings. The second-order valence-corrected chi connectivity index (χ2v) is 5.81. The molecule has 0 bridgehead atoms. The van der Waals surface area contributed by atoms with Gasteiger partial charge >= 0.3 is 0 Å². The molecular formula is C20H17N3O. The standard InChI is InChI=1S/C20H17N3O/c21-14-19-17(13-15-5-1-3-7-18(15)22-19)16-6-2-4-8-20(16)23-9-11-24-12-10-23/h1-8,13H,9-12H2. The summed E-state index contributed by atoms with van der Waals surface area (Å²) >= 11 is 0. The highest BCUT2D eigenvalue weighted by molar-refractivity contribution is 5.89. The van der Waals surface area contributed by atoms with Crippen LogP contribution < -0.4 is 4.90 Å². The summed E-state index contributed by atoms with van der Waals surface area (Å²) in [5.41, 5.74) is 4.39. The van der Waals surface area contributed by atoms with E-state index < -0.39 is 0 Å². The molecule has 3 aromatic rings. The largest absolute Gasteiger partial charge is 0.378 e. The summed E-state index contributed by atoms with van der Waals surface area (Å²) in [7, 11) is 0. The molecule has 0 radical (unpaired) electrons. The van der Waals surface area contributed by atoms with Crippen molar-refractivity contribution in [2.24, 2.45) is 0 Å². The first-order valence-corrected chi connectivity index (χ1v) is 8.09. The predicted octanol–water partition coefficient (Wildman–Crippen LogP) is 3.61. The molecule has 1 aliphatic heterocycles. The molecule has 1 aromatic heterocycles. The van der Waals surface area contributed by atoms with Gasteiger partial charge in [-0.1, -0.05) is 36.4 Å². The zero-order chi connectivity index (χ0) is 16.4. The van der Waals surface area contributed by atoms with Crippen molar-refractivity contribution in [1.29, 1.82) is 5.26 Å². The molecule has 24 heavy (non-hydrogen) atoms. The van der Waals surface area contributed by atoms with Crippen molar-refractivity contribution in [2.75, 3.05) is 31.2 Å². The molecule has 0 saturated carbocycles. The summed E-state index contributed by atoms with van der Waals surface area (Å²) in [4.78, 5) is 6.87. The van der Waals surface area contributed by atoms with Crippen molar-refractivity contribution in [3.8, 4) is 17.2 Å². The fraction of sp³-hybridized carbons (Fsp3) is 0.200. The predicted molar refractivity (Wildman–Crippen MR) is 94.9 cm³/mol. The van der Waals surface area contributed by atoms with E-state index in [0.717, 1.165) is 54.0 Å². The van der Waals surface area contributed by atoms with E-state index in [0.29, 0.717) is 5.69 Å². The number of hydrogen-bond donors (Lipinski definition) is 0. The van der Waals surface area contributed by atoms with Gasteiger partial charge in [0.25, 0.3) is 0 Å². The van der Waals surface area contributed by atoms with E-state index in [1.807, 2.05) is 36.4 Å². The number of nitriles is 1. The molecule has 4 rings (SSSR count). The Kier molecular flexibility index (Phi) is 3.86. The zero-order valence-electron chi connectivity index (χ0n) is 13.3. The molecule has 0 atom stereocenters. The number of aromatic nitrogens is 1. The highest BCUT2D eigenvalue weighted by atomic mass is 16.5. The lowest BCUT2D eigenvalue weighted by Crippen LogP contribution is -2.36. The molecule has 0 N–H and O–H groups in total. The quantitative estimate of drug-likeness (QED) is 0.725. The minimum absolute atomic E-state index is 0.467. The van der Waals surface area contributed by atoms with Crippen LogP contribution >= 0.6 is 0 Å². The summed E-state index contributed by atoms with van der Waals surface area (Å²) in [5, 5.41) is 10.6. The Morgan fingerprint density at radius 3 is 2.54 bits per heavy atom. The van der Waals surface area contributed by atoms with Crippen LogP contribution in [0.25, 0.3) is 22.0 Å². The van der Waals surface area contributed by atoms with Crippen LogP contribution in [-0.4, -0.2) is 31.3 Å². The highest BCUT2D eigenvalue weighted by Gasteiger charge is 2.18. The first-order valence-electron chi connectivity index (χ1n) is 8.09. The topological polar surface area (TPSA) is 49.2 Å². The van der Waals surface area contributed by atoms with E-state index in [4.69, 9.17) is 4.74 Å². The van der Waals surface area contributed by atoms with E-state index in [1.165, 1.54) is 0 Å².